The molecule has 0 fully saturated rings. The molecule has 3 heterocycles. The second kappa shape index (κ2) is 8.88. The Balaban J connectivity index is 1.64. The third-order valence-electron chi connectivity index (χ3n) is 4.63. The maximum Gasteiger partial charge on any atom is 0.335 e. The Labute approximate surface area is 200 Å². The minimum absolute atomic E-state index is 0.102. The molecule has 164 valence electrons. The van der Waals surface area contributed by atoms with Gasteiger partial charge in [0.2, 0.25) is 5.43 Å². The van der Waals surface area contributed by atoms with Crippen LogP contribution >= 0.6 is 43.2 Å². The number of H-pyrrole nitrogens is 2. The number of amides is 1. The topological polar surface area (TPSA) is 148 Å². The van der Waals surface area contributed by atoms with Crippen molar-refractivity contribution in [1.29, 1.82) is 0 Å². The second-order valence-electron chi connectivity index (χ2n) is 6.81. The predicted molar refractivity (Wildman–Crippen MR) is 127 cm³/mol. The molecule has 3 aromatic heterocycles. The second-order valence-corrected chi connectivity index (χ2v) is 9.49. The highest BCUT2D eigenvalue weighted by atomic mass is 79.9. The molecule has 32 heavy (non-hydrogen) atoms. The molecule has 0 aliphatic carbocycles. The van der Waals surface area contributed by atoms with E-state index >= 15 is 0 Å². The zero-order chi connectivity index (χ0) is 23.0. The first-order valence-electron chi connectivity index (χ1n) is 9.14. The predicted octanol–water partition coefficient (Wildman–Crippen LogP) is 4.28. The summed E-state index contributed by atoms with van der Waals surface area (Å²) in [6.45, 7) is 0. The molecule has 9 nitrogen and oxygen atoms in total. The number of aryl methyl sites for hydroxylation is 2. The first-order valence-corrected chi connectivity index (χ1v) is 11.5. The maximum absolute atomic E-state index is 12.5. The van der Waals surface area contributed by atoms with Crippen LogP contribution in [0.15, 0.2) is 44.3 Å². The van der Waals surface area contributed by atoms with E-state index in [9.17, 15) is 24.6 Å². The highest BCUT2D eigenvalue weighted by molar-refractivity contribution is 9.13. The number of pyridine rings is 1. The van der Waals surface area contributed by atoms with E-state index in [1.54, 1.807) is 6.07 Å². The normalized spacial score (nSPS) is 11.1. The van der Waals surface area contributed by atoms with E-state index in [-0.39, 0.29) is 11.3 Å². The van der Waals surface area contributed by atoms with Gasteiger partial charge in [0.15, 0.2) is 10.9 Å². The number of benzene rings is 1. The number of nitrogens with one attached hydrogen (secondary N) is 3. The number of thiazole rings is 1. The molecule has 5 N–H and O–H groups in total. The average molecular weight is 582 g/mol. The fourth-order valence-electron chi connectivity index (χ4n) is 3.08. The standard InChI is InChI=1S/C20H14Br2N4O5S/c21-11-6-12(24-17(11)22)18(29)26-20-25-16-8(3-9(19(30)31)4-15(16)32-20)1-2-10-5-13(27)14(28)7-23-10/h3-7,24,28H,1-2H2,(H,23,27)(H,30,31)(H,25,26,29). The molecule has 0 saturated carbocycles. The summed E-state index contributed by atoms with van der Waals surface area (Å²) in [4.78, 5) is 46.0. The lowest BCUT2D eigenvalue weighted by Gasteiger charge is -2.05. The summed E-state index contributed by atoms with van der Waals surface area (Å²) in [7, 11) is 0. The van der Waals surface area contributed by atoms with Crippen molar-refractivity contribution in [2.45, 2.75) is 12.8 Å². The van der Waals surface area contributed by atoms with E-state index in [0.29, 0.717) is 54.2 Å². The van der Waals surface area contributed by atoms with Crippen LogP contribution < -0.4 is 10.7 Å². The SMILES string of the molecule is O=C(O)c1cc(CCc2cc(=O)c(O)c[nH]2)c2nc(NC(=O)c3cc(Br)c(Br)[nH]3)sc2c1. The van der Waals surface area contributed by atoms with Crippen molar-refractivity contribution in [2.75, 3.05) is 5.32 Å². The van der Waals surface area contributed by atoms with Gasteiger partial charge in [-0.3, -0.25) is 14.9 Å². The van der Waals surface area contributed by atoms with Gasteiger partial charge in [0.05, 0.1) is 24.9 Å². The number of rotatable bonds is 6. The Morgan fingerprint density at radius 3 is 2.59 bits per heavy atom. The van der Waals surface area contributed by atoms with Crippen molar-refractivity contribution in [1.82, 2.24) is 15.0 Å². The van der Waals surface area contributed by atoms with Gasteiger partial charge in [0, 0.05) is 18.0 Å². The van der Waals surface area contributed by atoms with Gasteiger partial charge in [0.1, 0.15) is 5.69 Å². The average Bonchev–Trinajstić information content (AvgIpc) is 3.30. The molecule has 1 amide bonds. The van der Waals surface area contributed by atoms with Crippen LogP contribution in [0.25, 0.3) is 10.2 Å². The number of carbonyl (C=O) groups excluding carboxylic acids is 1. The number of nitrogens with zero attached hydrogens (tertiary/aromatic N) is 1. The molecular formula is C20H14Br2N4O5S. The summed E-state index contributed by atoms with van der Waals surface area (Å²) in [6.07, 6.45) is 2.01. The van der Waals surface area contributed by atoms with Crippen molar-refractivity contribution in [3.63, 3.8) is 0 Å². The van der Waals surface area contributed by atoms with Crippen molar-refractivity contribution >= 4 is 70.4 Å². The van der Waals surface area contributed by atoms with Gasteiger partial charge < -0.3 is 20.2 Å². The van der Waals surface area contributed by atoms with Gasteiger partial charge in [-0.25, -0.2) is 9.78 Å². The van der Waals surface area contributed by atoms with E-state index in [1.807, 2.05) is 0 Å². The summed E-state index contributed by atoms with van der Waals surface area (Å²) in [6, 6.07) is 5.97. The third kappa shape index (κ3) is 4.61. The Kier molecular flexibility index (Phi) is 6.17. The molecule has 4 rings (SSSR count). The first kappa shape index (κ1) is 22.2. The van der Waals surface area contributed by atoms with Crippen LogP contribution in [0.4, 0.5) is 5.13 Å². The Bertz CT molecular complexity index is 1410. The van der Waals surface area contributed by atoms with Crippen LogP contribution in [0, 0.1) is 0 Å². The number of aromatic amines is 2. The van der Waals surface area contributed by atoms with Crippen molar-refractivity contribution < 1.29 is 19.8 Å². The smallest absolute Gasteiger partial charge is 0.335 e. The van der Waals surface area contributed by atoms with Crippen LogP contribution in [-0.2, 0) is 12.8 Å². The highest BCUT2D eigenvalue weighted by Crippen LogP contribution is 2.31. The van der Waals surface area contributed by atoms with E-state index in [2.05, 4.69) is 52.1 Å². The fraction of sp³-hybridized carbons (Fsp3) is 0.100. The monoisotopic (exact) mass is 580 g/mol. The molecule has 0 spiro atoms. The summed E-state index contributed by atoms with van der Waals surface area (Å²) in [5.41, 5.74) is 1.76. The Morgan fingerprint density at radius 2 is 1.94 bits per heavy atom. The number of anilines is 1. The highest BCUT2D eigenvalue weighted by Gasteiger charge is 2.17. The minimum Gasteiger partial charge on any atom is -0.503 e. The zero-order valence-corrected chi connectivity index (χ0v) is 20.0. The molecule has 0 bridgehead atoms. The molecule has 0 radical (unpaired) electrons. The number of fused-ring (bicyclic) bond motifs is 1. The molecule has 0 atom stereocenters. The van der Waals surface area contributed by atoms with Gasteiger partial charge in [-0.2, -0.15) is 0 Å². The lowest BCUT2D eigenvalue weighted by molar-refractivity contribution is 0.0696. The quantitative estimate of drug-likeness (QED) is 0.229. The third-order valence-corrected chi connectivity index (χ3v) is 7.33. The van der Waals surface area contributed by atoms with Crippen LogP contribution in [0.1, 0.15) is 32.1 Å². The summed E-state index contributed by atoms with van der Waals surface area (Å²) in [5, 5.41) is 21.9. The van der Waals surface area contributed by atoms with Crippen molar-refractivity contribution in [2.24, 2.45) is 0 Å². The summed E-state index contributed by atoms with van der Waals surface area (Å²) < 4.78 is 1.95. The first-order chi connectivity index (χ1) is 15.2. The van der Waals surface area contributed by atoms with Crippen molar-refractivity contribution in [3.8, 4) is 5.75 Å². The number of aromatic carboxylic acids is 1. The Morgan fingerprint density at radius 1 is 1.16 bits per heavy atom. The fourth-order valence-corrected chi connectivity index (χ4v) is 4.68. The van der Waals surface area contributed by atoms with Crippen LogP contribution in [0.3, 0.4) is 0 Å². The van der Waals surface area contributed by atoms with Gasteiger partial charge in [-0.15, -0.1) is 0 Å². The molecule has 1 aromatic carbocycles. The lowest BCUT2D eigenvalue weighted by Crippen LogP contribution is -2.11. The molecule has 0 unspecified atom stereocenters. The molecule has 4 aromatic rings. The summed E-state index contributed by atoms with van der Waals surface area (Å²) >= 11 is 7.77. The Hall–Kier alpha value is -2.96. The van der Waals surface area contributed by atoms with Crippen LogP contribution in [-0.4, -0.2) is 37.0 Å². The van der Waals surface area contributed by atoms with Gasteiger partial charge in [0.25, 0.3) is 5.91 Å². The van der Waals surface area contributed by atoms with Crippen LogP contribution in [0.5, 0.6) is 5.75 Å². The number of carbonyl (C=O) groups is 2. The molecule has 0 saturated heterocycles. The van der Waals surface area contributed by atoms with E-state index < -0.39 is 17.3 Å². The molecular weight excluding hydrogens is 568 g/mol. The summed E-state index contributed by atoms with van der Waals surface area (Å²) in [5.74, 6) is -1.84. The molecule has 0 aliphatic heterocycles. The number of carboxylic acids is 1. The van der Waals surface area contributed by atoms with Gasteiger partial charge in [-0.1, -0.05) is 11.3 Å². The lowest BCUT2D eigenvalue weighted by atomic mass is 10.0. The van der Waals surface area contributed by atoms with Gasteiger partial charge in [-0.05, 0) is 68.5 Å². The van der Waals surface area contributed by atoms with E-state index in [4.69, 9.17) is 0 Å². The zero-order valence-electron chi connectivity index (χ0n) is 16.0. The number of aromatic nitrogens is 3. The molecule has 12 heteroatoms. The van der Waals surface area contributed by atoms with Crippen LogP contribution in [0.2, 0.25) is 0 Å². The minimum atomic E-state index is -1.08. The van der Waals surface area contributed by atoms with Crippen molar-refractivity contribution in [3.05, 3.63) is 72.3 Å². The van der Waals surface area contributed by atoms with E-state index in [0.717, 1.165) is 0 Å². The van der Waals surface area contributed by atoms with E-state index in [1.165, 1.54) is 35.7 Å². The number of hydrogen-bond donors (Lipinski definition) is 5. The number of carboxylic acid groups (broad SMARTS) is 1. The number of halogens is 2. The molecule has 0 aliphatic rings. The number of hydrogen-bond acceptors (Lipinski definition) is 6. The maximum atomic E-state index is 12.5. The number of aromatic hydroxyl groups is 1. The largest absolute Gasteiger partial charge is 0.503 e. The van der Waals surface area contributed by atoms with Gasteiger partial charge >= 0.3 is 5.97 Å².